The third-order valence-corrected chi connectivity index (χ3v) is 13.7. The molecule has 2 aromatic heterocycles. The van der Waals surface area contributed by atoms with Gasteiger partial charge in [0, 0.05) is 45.3 Å². The molecule has 1 aliphatic heterocycles. The Bertz CT molecular complexity index is 2500. The van der Waals surface area contributed by atoms with Crippen molar-refractivity contribution in [1.82, 2.24) is 25.7 Å². The molecule has 2 aliphatic rings. The van der Waals surface area contributed by atoms with Crippen molar-refractivity contribution < 1.29 is 22.8 Å². The summed E-state index contributed by atoms with van der Waals surface area (Å²) < 4.78 is 39.0. The molecule has 6 aromatic rings. The van der Waals surface area contributed by atoms with E-state index in [1.807, 2.05) is 35.3 Å². The summed E-state index contributed by atoms with van der Waals surface area (Å²) in [5.74, 6) is -0.491. The van der Waals surface area contributed by atoms with Crippen molar-refractivity contribution >= 4 is 92.5 Å². The second kappa shape index (κ2) is 20.2. The third kappa shape index (κ3) is 11.5. The fraction of sp³-hybridized carbons (Fsp3) is 0.273. The zero-order valence-electron chi connectivity index (χ0n) is 32.2. The van der Waals surface area contributed by atoms with Crippen LogP contribution in [0.2, 0.25) is 25.1 Å². The van der Waals surface area contributed by atoms with Crippen LogP contribution in [0.5, 0.6) is 0 Å². The van der Waals surface area contributed by atoms with Gasteiger partial charge in [-0.15, -0.1) is 22.7 Å². The van der Waals surface area contributed by atoms with Gasteiger partial charge in [0.2, 0.25) is 0 Å². The average molecular weight is 966 g/mol. The second-order valence-electron chi connectivity index (χ2n) is 14.5. The van der Waals surface area contributed by atoms with E-state index in [1.165, 1.54) is 29.9 Å². The number of piperidine rings is 1. The molecule has 1 saturated carbocycles. The van der Waals surface area contributed by atoms with Crippen molar-refractivity contribution in [3.8, 4) is 43.4 Å². The lowest BCUT2D eigenvalue weighted by atomic mass is 9.95. The third-order valence-electron chi connectivity index (χ3n) is 10.2. The molecule has 61 heavy (non-hydrogen) atoms. The molecular formula is C44H37Cl5F3N5O2S2. The van der Waals surface area contributed by atoms with Crippen LogP contribution in [-0.2, 0) is 6.18 Å². The van der Waals surface area contributed by atoms with Crippen molar-refractivity contribution in [1.29, 1.82) is 0 Å². The highest BCUT2D eigenvalue weighted by atomic mass is 35.5. The highest BCUT2D eigenvalue weighted by molar-refractivity contribution is 7.18. The molecule has 0 radical (unpaired) electrons. The summed E-state index contributed by atoms with van der Waals surface area (Å²) in [5, 5.41) is 8.11. The van der Waals surface area contributed by atoms with E-state index in [4.69, 9.17) is 58.0 Å². The summed E-state index contributed by atoms with van der Waals surface area (Å²) in [4.78, 5) is 36.4. The summed E-state index contributed by atoms with van der Waals surface area (Å²) in [6, 6.07) is 22.7. The van der Waals surface area contributed by atoms with Gasteiger partial charge in [-0.25, -0.2) is 15.0 Å². The minimum Gasteiger partial charge on any atom is -0.347 e. The minimum absolute atomic E-state index is 0.131. The monoisotopic (exact) mass is 963 g/mol. The van der Waals surface area contributed by atoms with Crippen molar-refractivity contribution in [3.63, 3.8) is 0 Å². The standard InChI is InChI=1S/C22H19Cl3N2OS.C22H18Cl2F3N3OS/c23-14-8-6-13(7-9-14)20-19(17-11-10-15(24)12-18(17)25)27-22(29-20)21(28)26-16-4-2-1-3-5-16;23-15-8-9-16(17(24)12-15)18-19(13-4-6-14(7-5-13)22(25,26)27)32-21(28-18)20(31)29-30-10-2-1-3-11-30/h6-12,16H,1-5H2,(H,26,28);4-9,12H,1-3,10-11H2,(H,29,31). The maximum Gasteiger partial charge on any atom is 0.416 e. The van der Waals surface area contributed by atoms with Crippen LogP contribution < -0.4 is 10.7 Å². The van der Waals surface area contributed by atoms with Gasteiger partial charge in [0.1, 0.15) is 0 Å². The normalized spacial score (nSPS) is 14.9. The fourth-order valence-corrected chi connectivity index (χ4v) is 10.1. The van der Waals surface area contributed by atoms with Crippen molar-refractivity contribution in [2.45, 2.75) is 63.6 Å². The van der Waals surface area contributed by atoms with E-state index in [2.05, 4.69) is 20.7 Å². The molecule has 2 amide bonds. The average Bonchev–Trinajstić information content (AvgIpc) is 3.88. The molecular weight excluding hydrogens is 929 g/mol. The first-order valence-corrected chi connectivity index (χ1v) is 23.0. The number of benzene rings is 4. The Labute approximate surface area is 384 Å². The molecule has 318 valence electrons. The number of rotatable bonds is 8. The number of alkyl halides is 3. The molecule has 4 aromatic carbocycles. The van der Waals surface area contributed by atoms with Crippen LogP contribution in [0, 0.1) is 0 Å². The van der Waals surface area contributed by atoms with Crippen LogP contribution in [0.3, 0.4) is 0 Å². The molecule has 7 nitrogen and oxygen atoms in total. The predicted octanol–water partition coefficient (Wildman–Crippen LogP) is 14.4. The maximum atomic E-state index is 13.0. The number of hydrogen-bond acceptors (Lipinski definition) is 7. The quantitative estimate of drug-likeness (QED) is 0.159. The minimum atomic E-state index is -4.44. The molecule has 3 heterocycles. The summed E-state index contributed by atoms with van der Waals surface area (Å²) >= 11 is 33.4. The highest BCUT2D eigenvalue weighted by Crippen LogP contribution is 2.43. The first-order valence-electron chi connectivity index (χ1n) is 19.5. The van der Waals surface area contributed by atoms with Crippen molar-refractivity contribution in [2.24, 2.45) is 0 Å². The van der Waals surface area contributed by atoms with Gasteiger partial charge in [-0.2, -0.15) is 13.2 Å². The van der Waals surface area contributed by atoms with Gasteiger partial charge in [-0.3, -0.25) is 15.0 Å². The van der Waals surface area contributed by atoms with E-state index in [0.29, 0.717) is 57.5 Å². The predicted molar refractivity (Wildman–Crippen MR) is 243 cm³/mol. The first-order chi connectivity index (χ1) is 29.2. The van der Waals surface area contributed by atoms with E-state index in [0.717, 1.165) is 97.5 Å². The summed E-state index contributed by atoms with van der Waals surface area (Å²) in [7, 11) is 0. The Morgan fingerprint density at radius 1 is 0.607 bits per heavy atom. The van der Waals surface area contributed by atoms with Gasteiger partial charge in [0.25, 0.3) is 11.8 Å². The fourth-order valence-electron chi connectivity index (χ4n) is 7.06. The van der Waals surface area contributed by atoms with Crippen molar-refractivity contribution in [3.05, 3.63) is 126 Å². The number of carbonyl (C=O) groups excluding carboxylic acids is 2. The topological polar surface area (TPSA) is 87.2 Å². The lowest BCUT2D eigenvalue weighted by molar-refractivity contribution is -0.137. The van der Waals surface area contributed by atoms with Crippen LogP contribution in [0.25, 0.3) is 43.4 Å². The van der Waals surface area contributed by atoms with Crippen LogP contribution in [0.15, 0.2) is 84.9 Å². The molecule has 2 fully saturated rings. The van der Waals surface area contributed by atoms with E-state index < -0.39 is 11.7 Å². The number of aromatic nitrogens is 2. The largest absolute Gasteiger partial charge is 0.416 e. The lowest BCUT2D eigenvalue weighted by Crippen LogP contribution is -2.45. The number of halogens is 8. The van der Waals surface area contributed by atoms with Crippen LogP contribution in [0.4, 0.5) is 13.2 Å². The molecule has 0 bridgehead atoms. The summed E-state index contributed by atoms with van der Waals surface area (Å²) in [5.41, 5.74) is 5.94. The van der Waals surface area contributed by atoms with Gasteiger partial charge in [0.15, 0.2) is 10.0 Å². The second-order valence-corrected chi connectivity index (χ2v) is 18.6. The molecule has 8 rings (SSSR count). The molecule has 0 unspecified atom stereocenters. The number of nitrogens with one attached hydrogen (secondary N) is 2. The zero-order valence-corrected chi connectivity index (χ0v) is 37.6. The van der Waals surface area contributed by atoms with Crippen LogP contribution in [-0.4, -0.2) is 45.9 Å². The number of hydrogen-bond donors (Lipinski definition) is 2. The molecule has 1 aliphatic carbocycles. The zero-order chi connectivity index (χ0) is 43.3. The molecule has 0 spiro atoms. The van der Waals surface area contributed by atoms with Gasteiger partial charge >= 0.3 is 6.18 Å². The number of thiazole rings is 2. The Balaban J connectivity index is 0.000000185. The number of carbonyl (C=O) groups is 2. The van der Waals surface area contributed by atoms with Gasteiger partial charge in [0.05, 0.1) is 36.8 Å². The number of amides is 2. The molecule has 2 N–H and O–H groups in total. The Kier molecular flexibility index (Phi) is 15.0. The van der Waals surface area contributed by atoms with Crippen LogP contribution >= 0.6 is 80.7 Å². The van der Waals surface area contributed by atoms with Gasteiger partial charge < -0.3 is 5.32 Å². The van der Waals surface area contributed by atoms with E-state index >= 15 is 0 Å². The van der Waals surface area contributed by atoms with Gasteiger partial charge in [-0.05, 0) is 97.5 Å². The Morgan fingerprint density at radius 3 is 1.56 bits per heavy atom. The van der Waals surface area contributed by atoms with E-state index in [1.54, 1.807) is 30.3 Å². The van der Waals surface area contributed by atoms with Gasteiger partial charge in [-0.1, -0.05) is 108 Å². The lowest BCUT2D eigenvalue weighted by Gasteiger charge is -2.26. The molecule has 17 heteroatoms. The SMILES string of the molecule is O=C(NC1CCCCC1)c1nc(-c2ccc(Cl)cc2Cl)c(-c2ccc(Cl)cc2)s1.O=C(NN1CCCCC1)c1nc(-c2ccc(Cl)cc2Cl)c(-c2ccc(C(F)(F)F)cc2)s1. The smallest absolute Gasteiger partial charge is 0.347 e. The number of nitrogens with zero attached hydrogens (tertiary/aromatic N) is 3. The summed E-state index contributed by atoms with van der Waals surface area (Å²) in [6.45, 7) is 1.53. The molecule has 0 atom stereocenters. The summed E-state index contributed by atoms with van der Waals surface area (Å²) in [6.07, 6.45) is 4.29. The highest BCUT2D eigenvalue weighted by Gasteiger charge is 2.31. The van der Waals surface area contributed by atoms with Crippen LogP contribution in [0.1, 0.15) is 76.5 Å². The first kappa shape index (κ1) is 45.3. The maximum absolute atomic E-state index is 13.0. The Morgan fingerprint density at radius 2 is 1.07 bits per heavy atom. The van der Waals surface area contributed by atoms with E-state index in [-0.39, 0.29) is 22.9 Å². The number of hydrazine groups is 1. The van der Waals surface area contributed by atoms with Crippen molar-refractivity contribution in [2.75, 3.05) is 13.1 Å². The Hall–Kier alpha value is -3.72. The van der Waals surface area contributed by atoms with E-state index in [9.17, 15) is 22.8 Å². The molecule has 1 saturated heterocycles.